The van der Waals surface area contributed by atoms with Crippen LogP contribution in [0.25, 0.3) is 11.0 Å². The first kappa shape index (κ1) is 17.9. The molecule has 0 radical (unpaired) electrons. The number of carbonyl (C=O) groups excluding carboxylic acids is 1. The van der Waals surface area contributed by atoms with Crippen LogP contribution in [0.5, 0.6) is 0 Å². The fourth-order valence-corrected chi connectivity index (χ4v) is 3.59. The van der Waals surface area contributed by atoms with Gasteiger partial charge in [0.25, 0.3) is 0 Å². The van der Waals surface area contributed by atoms with Gasteiger partial charge in [0.05, 0.1) is 23.6 Å². The van der Waals surface area contributed by atoms with Crippen molar-refractivity contribution < 1.29 is 9.53 Å². The molecule has 25 heavy (non-hydrogen) atoms. The maximum atomic E-state index is 12.6. The average Bonchev–Trinajstić information content (AvgIpc) is 3.23. The predicted octanol–water partition coefficient (Wildman–Crippen LogP) is 2.53. The molecule has 0 bridgehead atoms. The lowest BCUT2D eigenvalue weighted by molar-refractivity contribution is -0.119. The Labute approximate surface area is 149 Å². The van der Waals surface area contributed by atoms with Crippen molar-refractivity contribution in [2.24, 2.45) is 5.92 Å². The number of carbonyl (C=O) groups is 1. The second-order valence-corrected chi connectivity index (χ2v) is 6.60. The predicted molar refractivity (Wildman–Crippen MR) is 99.8 cm³/mol. The van der Waals surface area contributed by atoms with Crippen LogP contribution in [0.1, 0.15) is 26.1 Å². The van der Waals surface area contributed by atoms with E-state index in [-0.39, 0.29) is 11.8 Å². The third-order valence-corrected chi connectivity index (χ3v) is 4.98. The van der Waals surface area contributed by atoms with Gasteiger partial charge >= 0.3 is 0 Å². The van der Waals surface area contributed by atoms with Crippen molar-refractivity contribution in [1.82, 2.24) is 14.5 Å². The molecule has 1 aliphatic rings. The number of benzene rings is 1. The topological polar surface area (TPSA) is 59.4 Å². The Hall–Kier alpha value is -1.92. The van der Waals surface area contributed by atoms with Gasteiger partial charge in [0.1, 0.15) is 5.82 Å². The fraction of sp³-hybridized carbons (Fsp3) is 0.579. The number of imidazole rings is 1. The van der Waals surface area contributed by atoms with Crippen LogP contribution < -0.4 is 5.32 Å². The SMILES string of the molecule is CCc1nc2cc(NC(=O)C3CCN(CCOC)C3)ccc2n1CC. The number of rotatable bonds is 7. The van der Waals surface area contributed by atoms with Gasteiger partial charge in [0.15, 0.2) is 0 Å². The Balaban J connectivity index is 1.67. The minimum Gasteiger partial charge on any atom is -0.383 e. The summed E-state index contributed by atoms with van der Waals surface area (Å²) >= 11 is 0. The number of likely N-dealkylation sites (tertiary alicyclic amines) is 1. The third kappa shape index (κ3) is 3.85. The summed E-state index contributed by atoms with van der Waals surface area (Å²) in [4.78, 5) is 19.5. The largest absolute Gasteiger partial charge is 0.383 e. The lowest BCUT2D eigenvalue weighted by Gasteiger charge is -2.15. The highest BCUT2D eigenvalue weighted by atomic mass is 16.5. The summed E-state index contributed by atoms with van der Waals surface area (Å²) in [5, 5.41) is 3.07. The van der Waals surface area contributed by atoms with Gasteiger partial charge in [-0.15, -0.1) is 0 Å². The monoisotopic (exact) mass is 344 g/mol. The van der Waals surface area contributed by atoms with E-state index >= 15 is 0 Å². The molecule has 1 unspecified atom stereocenters. The normalized spacial score (nSPS) is 18.1. The second-order valence-electron chi connectivity index (χ2n) is 6.60. The highest BCUT2D eigenvalue weighted by molar-refractivity contribution is 5.94. The molecule has 2 heterocycles. The van der Waals surface area contributed by atoms with E-state index < -0.39 is 0 Å². The van der Waals surface area contributed by atoms with E-state index in [0.29, 0.717) is 6.61 Å². The molecule has 6 heteroatoms. The van der Waals surface area contributed by atoms with Crippen molar-refractivity contribution in [3.05, 3.63) is 24.0 Å². The zero-order valence-corrected chi connectivity index (χ0v) is 15.4. The smallest absolute Gasteiger partial charge is 0.228 e. The van der Waals surface area contributed by atoms with Crippen LogP contribution in [0.4, 0.5) is 5.69 Å². The number of hydrogen-bond acceptors (Lipinski definition) is 4. The minimum absolute atomic E-state index is 0.0481. The van der Waals surface area contributed by atoms with Crippen LogP contribution in [0, 0.1) is 5.92 Å². The standard InChI is InChI=1S/C19H28N4O2/c1-4-18-21-16-12-15(6-7-17(16)23(18)5-2)20-19(24)14-8-9-22(13-14)10-11-25-3/h6-7,12,14H,4-5,8-11,13H2,1-3H3,(H,20,24). The van der Waals surface area contributed by atoms with Crippen molar-refractivity contribution in [3.63, 3.8) is 0 Å². The van der Waals surface area contributed by atoms with E-state index in [0.717, 1.165) is 61.6 Å². The number of ether oxygens (including phenoxy) is 1. The molecule has 6 nitrogen and oxygen atoms in total. The molecule has 1 aromatic carbocycles. The summed E-state index contributed by atoms with van der Waals surface area (Å²) < 4.78 is 7.34. The highest BCUT2D eigenvalue weighted by Gasteiger charge is 2.28. The lowest BCUT2D eigenvalue weighted by Crippen LogP contribution is -2.29. The summed E-state index contributed by atoms with van der Waals surface area (Å²) in [5.74, 6) is 1.24. The lowest BCUT2D eigenvalue weighted by atomic mass is 10.1. The molecule has 0 spiro atoms. The molecule has 2 aromatic rings. The van der Waals surface area contributed by atoms with E-state index in [9.17, 15) is 4.79 Å². The molecule has 0 saturated carbocycles. The quantitative estimate of drug-likeness (QED) is 0.838. The zero-order chi connectivity index (χ0) is 17.8. The molecule has 1 aliphatic heterocycles. The molecule has 1 amide bonds. The number of nitrogens with zero attached hydrogens (tertiary/aromatic N) is 3. The van der Waals surface area contributed by atoms with E-state index in [2.05, 4.69) is 34.7 Å². The number of aryl methyl sites for hydroxylation is 2. The molecule has 1 atom stereocenters. The Bertz CT molecular complexity index is 740. The maximum absolute atomic E-state index is 12.6. The Morgan fingerprint density at radius 1 is 1.40 bits per heavy atom. The number of amides is 1. The summed E-state index contributed by atoms with van der Waals surface area (Å²) in [7, 11) is 1.71. The second kappa shape index (κ2) is 7.97. The van der Waals surface area contributed by atoms with E-state index in [1.807, 2.05) is 12.1 Å². The number of nitrogens with one attached hydrogen (secondary N) is 1. The fourth-order valence-electron chi connectivity index (χ4n) is 3.59. The van der Waals surface area contributed by atoms with Crippen LogP contribution in [-0.4, -0.2) is 53.7 Å². The first-order chi connectivity index (χ1) is 12.2. The van der Waals surface area contributed by atoms with Gasteiger partial charge in [-0.1, -0.05) is 6.92 Å². The summed E-state index contributed by atoms with van der Waals surface area (Å²) in [5.41, 5.74) is 2.91. The molecule has 3 rings (SSSR count). The molecule has 0 aliphatic carbocycles. The van der Waals surface area contributed by atoms with Crippen LogP contribution in [0.2, 0.25) is 0 Å². The van der Waals surface area contributed by atoms with Crippen LogP contribution >= 0.6 is 0 Å². The van der Waals surface area contributed by atoms with E-state index in [4.69, 9.17) is 9.72 Å². The van der Waals surface area contributed by atoms with E-state index in [1.54, 1.807) is 7.11 Å². The Morgan fingerprint density at radius 3 is 2.96 bits per heavy atom. The van der Waals surface area contributed by atoms with Gasteiger partial charge in [-0.2, -0.15) is 0 Å². The van der Waals surface area contributed by atoms with E-state index in [1.165, 1.54) is 0 Å². The van der Waals surface area contributed by atoms with Crippen molar-refractivity contribution in [2.75, 3.05) is 38.7 Å². The summed E-state index contributed by atoms with van der Waals surface area (Å²) in [6, 6.07) is 6.02. The first-order valence-corrected chi connectivity index (χ1v) is 9.17. The maximum Gasteiger partial charge on any atom is 0.228 e. The van der Waals surface area contributed by atoms with Crippen molar-refractivity contribution >= 4 is 22.6 Å². The van der Waals surface area contributed by atoms with Crippen molar-refractivity contribution in [1.29, 1.82) is 0 Å². The number of methoxy groups -OCH3 is 1. The van der Waals surface area contributed by atoms with Crippen LogP contribution in [0.15, 0.2) is 18.2 Å². The Kier molecular flexibility index (Phi) is 5.71. The Morgan fingerprint density at radius 2 is 2.24 bits per heavy atom. The molecule has 1 N–H and O–H groups in total. The van der Waals surface area contributed by atoms with Gasteiger partial charge in [-0.25, -0.2) is 4.98 Å². The van der Waals surface area contributed by atoms with Gasteiger partial charge in [-0.3, -0.25) is 4.79 Å². The van der Waals surface area contributed by atoms with Gasteiger partial charge in [0.2, 0.25) is 5.91 Å². The van der Waals surface area contributed by atoms with Crippen molar-refractivity contribution in [2.45, 2.75) is 33.2 Å². The van der Waals surface area contributed by atoms with Gasteiger partial charge in [0, 0.05) is 38.9 Å². The molecular formula is C19H28N4O2. The minimum atomic E-state index is 0.0481. The number of fused-ring (bicyclic) bond motifs is 1. The number of aromatic nitrogens is 2. The number of anilines is 1. The summed E-state index contributed by atoms with van der Waals surface area (Å²) in [6.07, 6.45) is 1.81. The average molecular weight is 344 g/mol. The first-order valence-electron chi connectivity index (χ1n) is 9.17. The molecule has 1 aromatic heterocycles. The molecule has 1 fully saturated rings. The van der Waals surface area contributed by atoms with Crippen LogP contribution in [0.3, 0.4) is 0 Å². The molecule has 1 saturated heterocycles. The molecular weight excluding hydrogens is 316 g/mol. The van der Waals surface area contributed by atoms with Gasteiger partial charge < -0.3 is 19.5 Å². The van der Waals surface area contributed by atoms with Crippen LogP contribution in [-0.2, 0) is 22.5 Å². The van der Waals surface area contributed by atoms with Crippen molar-refractivity contribution in [3.8, 4) is 0 Å². The van der Waals surface area contributed by atoms with Gasteiger partial charge in [-0.05, 0) is 38.1 Å². The highest BCUT2D eigenvalue weighted by Crippen LogP contribution is 2.23. The third-order valence-electron chi connectivity index (χ3n) is 4.98. The zero-order valence-electron chi connectivity index (χ0n) is 15.4. The summed E-state index contributed by atoms with van der Waals surface area (Å²) in [6.45, 7) is 8.52. The molecule has 136 valence electrons. The number of hydrogen-bond donors (Lipinski definition) is 1.